The van der Waals surface area contributed by atoms with E-state index in [1.807, 2.05) is 0 Å². The van der Waals surface area contributed by atoms with Crippen LogP contribution >= 0.6 is 0 Å². The van der Waals surface area contributed by atoms with Crippen LogP contribution in [0.15, 0.2) is 30.3 Å². The summed E-state index contributed by atoms with van der Waals surface area (Å²) in [7, 11) is 0. The van der Waals surface area contributed by atoms with Gasteiger partial charge in [-0.15, -0.1) is 0 Å². The third kappa shape index (κ3) is 3.92. The summed E-state index contributed by atoms with van der Waals surface area (Å²) in [6.45, 7) is 22.7. The maximum atomic E-state index is 2.57. The van der Waals surface area contributed by atoms with Crippen LogP contribution in [0.1, 0.15) is 63.8 Å². The standard InChI is InChI=1S/C24H35N/c1-16-12-11-13-17(2)21(16)20-14-18(3)22(19(4)15-20)25(23(5,6)7)24(8,9)10/h11-15H,1-10H3. The number of nitrogens with zero attached hydrogens (tertiary/aromatic N) is 1. The molecule has 0 heterocycles. The Morgan fingerprint density at radius 3 is 1.40 bits per heavy atom. The largest absolute Gasteiger partial charge is 0.361 e. The highest BCUT2D eigenvalue weighted by atomic mass is 15.2. The molecule has 0 aliphatic carbocycles. The van der Waals surface area contributed by atoms with E-state index in [-0.39, 0.29) is 11.1 Å². The summed E-state index contributed by atoms with van der Waals surface area (Å²) >= 11 is 0. The molecule has 0 spiro atoms. The smallest absolute Gasteiger partial charge is 0.0434 e. The number of anilines is 1. The zero-order valence-electron chi connectivity index (χ0n) is 17.8. The number of rotatable bonds is 2. The van der Waals surface area contributed by atoms with Gasteiger partial charge in [-0.1, -0.05) is 18.2 Å². The van der Waals surface area contributed by atoms with E-state index in [9.17, 15) is 0 Å². The number of benzene rings is 2. The van der Waals surface area contributed by atoms with Gasteiger partial charge >= 0.3 is 0 Å². The van der Waals surface area contributed by atoms with E-state index >= 15 is 0 Å². The van der Waals surface area contributed by atoms with E-state index in [2.05, 4.69) is 104 Å². The Kier molecular flexibility index (Phi) is 5.10. The Morgan fingerprint density at radius 2 is 1.04 bits per heavy atom. The molecule has 0 amide bonds. The molecule has 0 aliphatic heterocycles. The van der Waals surface area contributed by atoms with Crippen molar-refractivity contribution >= 4 is 5.69 Å². The van der Waals surface area contributed by atoms with Crippen LogP contribution in [-0.4, -0.2) is 11.1 Å². The summed E-state index contributed by atoms with van der Waals surface area (Å²) in [5, 5.41) is 0. The predicted molar refractivity (Wildman–Crippen MR) is 113 cm³/mol. The lowest BCUT2D eigenvalue weighted by Crippen LogP contribution is -2.53. The molecule has 1 heteroatoms. The van der Waals surface area contributed by atoms with Gasteiger partial charge in [-0.3, -0.25) is 0 Å². The topological polar surface area (TPSA) is 3.24 Å². The lowest BCUT2D eigenvalue weighted by atomic mass is 9.89. The maximum Gasteiger partial charge on any atom is 0.0434 e. The fourth-order valence-electron chi connectivity index (χ4n) is 4.40. The fraction of sp³-hybridized carbons (Fsp3) is 0.500. The van der Waals surface area contributed by atoms with Crippen molar-refractivity contribution in [3.8, 4) is 11.1 Å². The molecule has 0 atom stereocenters. The molecule has 0 N–H and O–H groups in total. The normalized spacial score (nSPS) is 12.4. The van der Waals surface area contributed by atoms with Crippen LogP contribution in [0.2, 0.25) is 0 Å². The van der Waals surface area contributed by atoms with E-state index < -0.39 is 0 Å². The van der Waals surface area contributed by atoms with E-state index in [0.29, 0.717) is 0 Å². The molecule has 0 saturated carbocycles. The van der Waals surface area contributed by atoms with Gasteiger partial charge in [0.15, 0.2) is 0 Å². The molecular weight excluding hydrogens is 302 g/mol. The number of hydrogen-bond acceptors (Lipinski definition) is 1. The Labute approximate surface area is 155 Å². The van der Waals surface area contributed by atoms with Crippen LogP contribution < -0.4 is 4.90 Å². The minimum atomic E-state index is 0.0634. The quantitative estimate of drug-likeness (QED) is 0.570. The minimum Gasteiger partial charge on any atom is -0.361 e. The molecule has 0 aromatic heterocycles. The van der Waals surface area contributed by atoms with Crippen molar-refractivity contribution in [3.05, 3.63) is 52.6 Å². The van der Waals surface area contributed by atoms with Gasteiger partial charge in [0.1, 0.15) is 0 Å². The second-order valence-electron chi connectivity index (χ2n) is 9.40. The van der Waals surface area contributed by atoms with Crippen molar-refractivity contribution in [2.75, 3.05) is 4.90 Å². The second-order valence-corrected chi connectivity index (χ2v) is 9.40. The first-order valence-electron chi connectivity index (χ1n) is 9.32. The van der Waals surface area contributed by atoms with Gasteiger partial charge in [0.25, 0.3) is 0 Å². The Morgan fingerprint density at radius 1 is 0.640 bits per heavy atom. The Bertz CT molecular complexity index is 712. The van der Waals surface area contributed by atoms with Crippen molar-refractivity contribution in [2.24, 2.45) is 0 Å². The molecule has 1 nitrogen and oxygen atoms in total. The van der Waals surface area contributed by atoms with Crippen LogP contribution in [0.5, 0.6) is 0 Å². The molecular formula is C24H35N. The summed E-state index contributed by atoms with van der Waals surface area (Å²) in [6.07, 6.45) is 0. The minimum absolute atomic E-state index is 0.0634. The van der Waals surface area contributed by atoms with Gasteiger partial charge in [-0.05, 0) is 115 Å². The molecule has 0 fully saturated rings. The van der Waals surface area contributed by atoms with Gasteiger partial charge in [-0.25, -0.2) is 0 Å². The monoisotopic (exact) mass is 337 g/mol. The molecule has 2 rings (SSSR count). The zero-order chi connectivity index (χ0) is 19.2. The van der Waals surface area contributed by atoms with Gasteiger partial charge in [0.2, 0.25) is 0 Å². The molecule has 0 saturated heterocycles. The van der Waals surface area contributed by atoms with Crippen LogP contribution in [0.25, 0.3) is 11.1 Å². The lowest BCUT2D eigenvalue weighted by Gasteiger charge is -2.49. The van der Waals surface area contributed by atoms with Crippen LogP contribution in [0.4, 0.5) is 5.69 Å². The molecule has 2 aromatic carbocycles. The summed E-state index contributed by atoms with van der Waals surface area (Å²) < 4.78 is 0. The fourth-order valence-corrected chi connectivity index (χ4v) is 4.40. The first kappa shape index (κ1) is 19.6. The van der Waals surface area contributed by atoms with Crippen LogP contribution in [0, 0.1) is 27.7 Å². The lowest BCUT2D eigenvalue weighted by molar-refractivity contribution is 0.379. The number of aryl methyl sites for hydroxylation is 4. The number of hydrogen-bond donors (Lipinski definition) is 0. The molecule has 0 unspecified atom stereocenters. The molecule has 2 aromatic rings. The first-order chi connectivity index (χ1) is 11.3. The summed E-state index contributed by atoms with van der Waals surface area (Å²) in [5.74, 6) is 0. The predicted octanol–water partition coefficient (Wildman–Crippen LogP) is 6.99. The zero-order valence-corrected chi connectivity index (χ0v) is 17.8. The van der Waals surface area contributed by atoms with E-state index in [4.69, 9.17) is 0 Å². The third-order valence-electron chi connectivity index (χ3n) is 4.83. The SMILES string of the molecule is Cc1cccc(C)c1-c1cc(C)c(N(C(C)(C)C)C(C)(C)C)c(C)c1. The third-order valence-corrected chi connectivity index (χ3v) is 4.83. The molecule has 0 bridgehead atoms. The molecule has 25 heavy (non-hydrogen) atoms. The van der Waals surface area contributed by atoms with E-state index in [1.165, 1.54) is 39.1 Å². The van der Waals surface area contributed by atoms with Crippen LogP contribution in [-0.2, 0) is 0 Å². The van der Waals surface area contributed by atoms with Gasteiger partial charge in [0.05, 0.1) is 0 Å². The average molecular weight is 338 g/mol. The van der Waals surface area contributed by atoms with Crippen molar-refractivity contribution in [1.82, 2.24) is 0 Å². The highest BCUT2D eigenvalue weighted by molar-refractivity contribution is 5.76. The van der Waals surface area contributed by atoms with Crippen molar-refractivity contribution in [2.45, 2.75) is 80.3 Å². The van der Waals surface area contributed by atoms with Gasteiger partial charge < -0.3 is 4.90 Å². The molecule has 136 valence electrons. The van der Waals surface area contributed by atoms with Gasteiger partial charge in [0, 0.05) is 16.8 Å². The first-order valence-corrected chi connectivity index (χ1v) is 9.32. The Hall–Kier alpha value is -1.76. The van der Waals surface area contributed by atoms with Crippen molar-refractivity contribution in [1.29, 1.82) is 0 Å². The van der Waals surface area contributed by atoms with E-state index in [1.54, 1.807) is 0 Å². The van der Waals surface area contributed by atoms with Crippen LogP contribution in [0.3, 0.4) is 0 Å². The molecule has 0 radical (unpaired) electrons. The molecule has 0 aliphatic rings. The van der Waals surface area contributed by atoms with E-state index in [0.717, 1.165) is 0 Å². The maximum absolute atomic E-state index is 2.57. The summed E-state index contributed by atoms with van der Waals surface area (Å²) in [5.41, 5.74) is 9.59. The van der Waals surface area contributed by atoms with Crippen molar-refractivity contribution < 1.29 is 0 Å². The summed E-state index contributed by atoms with van der Waals surface area (Å²) in [4.78, 5) is 2.57. The van der Waals surface area contributed by atoms with Gasteiger partial charge in [-0.2, -0.15) is 0 Å². The Balaban J connectivity index is 2.70. The highest BCUT2D eigenvalue weighted by Gasteiger charge is 2.33. The second kappa shape index (κ2) is 6.52. The summed E-state index contributed by atoms with van der Waals surface area (Å²) in [6, 6.07) is 11.3. The average Bonchev–Trinajstić information content (AvgIpc) is 2.39. The highest BCUT2D eigenvalue weighted by Crippen LogP contribution is 2.39. The van der Waals surface area contributed by atoms with Crippen molar-refractivity contribution in [3.63, 3.8) is 0 Å².